The van der Waals surface area contributed by atoms with E-state index >= 15 is 0 Å². The minimum Gasteiger partial charge on any atom is -0.347 e. The average molecular weight is 249 g/mol. The molecule has 17 heavy (non-hydrogen) atoms. The minimum absolute atomic E-state index is 0.210. The predicted octanol–water partition coefficient (Wildman–Crippen LogP) is 2.57. The second kappa shape index (κ2) is 4.67. The Morgan fingerprint density at radius 2 is 1.76 bits per heavy atom. The lowest BCUT2D eigenvalue weighted by atomic mass is 10.1. The van der Waals surface area contributed by atoms with Gasteiger partial charge >= 0.3 is 0 Å². The van der Waals surface area contributed by atoms with Crippen LogP contribution in [0.1, 0.15) is 5.56 Å². The van der Waals surface area contributed by atoms with Gasteiger partial charge in [0.1, 0.15) is 0 Å². The Labute approximate surface area is 105 Å². The molecular formula is C12H13ClN4. The number of halogens is 1. The molecule has 0 aliphatic rings. The van der Waals surface area contributed by atoms with Crippen molar-refractivity contribution in [1.82, 2.24) is 15.0 Å². The van der Waals surface area contributed by atoms with E-state index in [9.17, 15) is 0 Å². The van der Waals surface area contributed by atoms with Gasteiger partial charge in [-0.25, -0.2) is 0 Å². The number of aromatic nitrogens is 3. The van der Waals surface area contributed by atoms with Gasteiger partial charge in [-0.1, -0.05) is 24.3 Å². The van der Waals surface area contributed by atoms with E-state index in [1.54, 1.807) is 4.90 Å². The smallest absolute Gasteiger partial charge is 0.229 e. The molecule has 2 aromatic rings. The first-order valence-corrected chi connectivity index (χ1v) is 5.60. The van der Waals surface area contributed by atoms with Crippen LogP contribution in [0.25, 0.3) is 11.4 Å². The molecule has 0 bridgehead atoms. The van der Waals surface area contributed by atoms with Crippen LogP contribution in [0.15, 0.2) is 24.3 Å². The van der Waals surface area contributed by atoms with Gasteiger partial charge in [-0.15, -0.1) is 0 Å². The zero-order chi connectivity index (χ0) is 12.4. The van der Waals surface area contributed by atoms with Crippen molar-refractivity contribution in [3.63, 3.8) is 0 Å². The van der Waals surface area contributed by atoms with Crippen LogP contribution in [0.5, 0.6) is 0 Å². The van der Waals surface area contributed by atoms with Crippen molar-refractivity contribution < 1.29 is 0 Å². The van der Waals surface area contributed by atoms with E-state index in [0.717, 1.165) is 11.1 Å². The van der Waals surface area contributed by atoms with Crippen molar-refractivity contribution in [3.8, 4) is 11.4 Å². The molecule has 0 amide bonds. The van der Waals surface area contributed by atoms with Gasteiger partial charge in [0.25, 0.3) is 0 Å². The third-order valence-corrected chi connectivity index (χ3v) is 2.55. The quantitative estimate of drug-likeness (QED) is 0.819. The Morgan fingerprint density at radius 1 is 1.06 bits per heavy atom. The van der Waals surface area contributed by atoms with E-state index < -0.39 is 0 Å². The predicted molar refractivity (Wildman–Crippen MR) is 69.3 cm³/mol. The van der Waals surface area contributed by atoms with Gasteiger partial charge in [-0.3, -0.25) is 0 Å². The van der Waals surface area contributed by atoms with Crippen LogP contribution in [-0.4, -0.2) is 29.0 Å². The van der Waals surface area contributed by atoms with Crippen molar-refractivity contribution in [2.24, 2.45) is 0 Å². The average Bonchev–Trinajstić information content (AvgIpc) is 2.28. The van der Waals surface area contributed by atoms with Crippen molar-refractivity contribution in [2.45, 2.75) is 6.92 Å². The largest absolute Gasteiger partial charge is 0.347 e. The number of hydrogen-bond donors (Lipinski definition) is 0. The number of nitrogens with zero attached hydrogens (tertiary/aromatic N) is 4. The molecule has 0 saturated heterocycles. The van der Waals surface area contributed by atoms with E-state index in [0.29, 0.717) is 11.8 Å². The first-order valence-electron chi connectivity index (χ1n) is 5.23. The second-order valence-corrected chi connectivity index (χ2v) is 4.28. The summed E-state index contributed by atoms with van der Waals surface area (Å²) in [6.45, 7) is 2.02. The highest BCUT2D eigenvalue weighted by atomic mass is 35.5. The fourth-order valence-corrected chi connectivity index (χ4v) is 1.64. The lowest BCUT2D eigenvalue weighted by molar-refractivity contribution is 0.961. The lowest BCUT2D eigenvalue weighted by Crippen LogP contribution is -2.14. The van der Waals surface area contributed by atoms with E-state index in [4.69, 9.17) is 11.6 Å². The summed E-state index contributed by atoms with van der Waals surface area (Å²) in [5, 5.41) is 0.210. The summed E-state index contributed by atoms with van der Waals surface area (Å²) in [6, 6.07) is 7.92. The molecule has 1 heterocycles. The van der Waals surface area contributed by atoms with Gasteiger partial charge in [0.05, 0.1) is 0 Å². The SMILES string of the molecule is Cc1ccccc1-c1nc(Cl)nc(N(C)C)n1. The van der Waals surface area contributed by atoms with Crippen molar-refractivity contribution >= 4 is 17.5 Å². The summed E-state index contributed by atoms with van der Waals surface area (Å²) >= 11 is 5.91. The summed E-state index contributed by atoms with van der Waals surface area (Å²) in [7, 11) is 3.74. The van der Waals surface area contributed by atoms with E-state index in [1.165, 1.54) is 0 Å². The third kappa shape index (κ3) is 2.53. The van der Waals surface area contributed by atoms with E-state index in [-0.39, 0.29) is 5.28 Å². The first kappa shape index (κ1) is 11.8. The molecule has 0 saturated carbocycles. The molecule has 0 aliphatic carbocycles. The van der Waals surface area contributed by atoms with Gasteiger partial charge < -0.3 is 4.90 Å². The molecule has 5 heteroatoms. The van der Waals surface area contributed by atoms with Crippen LogP contribution in [0.4, 0.5) is 5.95 Å². The van der Waals surface area contributed by atoms with Crippen LogP contribution in [-0.2, 0) is 0 Å². The van der Waals surface area contributed by atoms with Crippen LogP contribution in [0, 0.1) is 6.92 Å². The van der Waals surface area contributed by atoms with Crippen molar-refractivity contribution in [3.05, 3.63) is 35.1 Å². The Kier molecular flexibility index (Phi) is 3.24. The Hall–Kier alpha value is -1.68. The van der Waals surface area contributed by atoms with Crippen molar-refractivity contribution in [1.29, 1.82) is 0 Å². The fraction of sp³-hybridized carbons (Fsp3) is 0.250. The van der Waals surface area contributed by atoms with Gasteiger partial charge in [0.2, 0.25) is 11.2 Å². The number of benzene rings is 1. The second-order valence-electron chi connectivity index (χ2n) is 3.94. The van der Waals surface area contributed by atoms with Crippen molar-refractivity contribution in [2.75, 3.05) is 19.0 Å². The Balaban J connectivity index is 2.56. The molecule has 0 aliphatic heterocycles. The van der Waals surface area contributed by atoms with Gasteiger partial charge in [0.15, 0.2) is 5.82 Å². The van der Waals surface area contributed by atoms with Gasteiger partial charge in [-0.05, 0) is 24.1 Å². The topological polar surface area (TPSA) is 41.9 Å². The molecular weight excluding hydrogens is 236 g/mol. The van der Waals surface area contributed by atoms with E-state index in [1.807, 2.05) is 45.3 Å². The Bertz CT molecular complexity index is 540. The maximum absolute atomic E-state index is 5.91. The van der Waals surface area contributed by atoms with Gasteiger partial charge in [-0.2, -0.15) is 15.0 Å². The number of rotatable bonds is 2. The van der Waals surface area contributed by atoms with Crippen LogP contribution < -0.4 is 4.90 Å². The molecule has 0 radical (unpaired) electrons. The molecule has 0 unspecified atom stereocenters. The number of anilines is 1. The van der Waals surface area contributed by atoms with Crippen LogP contribution >= 0.6 is 11.6 Å². The summed E-state index contributed by atoms with van der Waals surface area (Å²) in [6.07, 6.45) is 0. The molecule has 2 rings (SSSR count). The zero-order valence-electron chi connectivity index (χ0n) is 9.98. The summed E-state index contributed by atoms with van der Waals surface area (Å²) in [4.78, 5) is 14.4. The van der Waals surface area contributed by atoms with Crippen LogP contribution in [0.3, 0.4) is 0 Å². The fourth-order valence-electron chi connectivity index (χ4n) is 1.48. The summed E-state index contributed by atoms with van der Waals surface area (Å²) in [5.41, 5.74) is 2.08. The Morgan fingerprint density at radius 3 is 2.41 bits per heavy atom. The molecule has 1 aromatic heterocycles. The highest BCUT2D eigenvalue weighted by molar-refractivity contribution is 6.28. The molecule has 4 nitrogen and oxygen atoms in total. The summed E-state index contributed by atoms with van der Waals surface area (Å²) < 4.78 is 0. The van der Waals surface area contributed by atoms with Crippen LogP contribution in [0.2, 0.25) is 5.28 Å². The highest BCUT2D eigenvalue weighted by Crippen LogP contribution is 2.21. The maximum Gasteiger partial charge on any atom is 0.229 e. The minimum atomic E-state index is 0.210. The standard InChI is InChI=1S/C12H13ClN4/c1-8-6-4-5-7-9(8)10-14-11(13)16-12(15-10)17(2)3/h4-7H,1-3H3. The normalized spacial score (nSPS) is 10.4. The molecule has 0 spiro atoms. The lowest BCUT2D eigenvalue weighted by Gasteiger charge is -2.11. The number of aryl methyl sites for hydroxylation is 1. The van der Waals surface area contributed by atoms with Gasteiger partial charge in [0, 0.05) is 19.7 Å². The first-order chi connectivity index (χ1) is 8.08. The molecule has 0 fully saturated rings. The molecule has 0 atom stereocenters. The third-order valence-electron chi connectivity index (χ3n) is 2.38. The molecule has 88 valence electrons. The molecule has 1 aromatic carbocycles. The zero-order valence-corrected chi connectivity index (χ0v) is 10.7. The highest BCUT2D eigenvalue weighted by Gasteiger charge is 2.09. The maximum atomic E-state index is 5.91. The monoisotopic (exact) mass is 248 g/mol. The number of hydrogen-bond acceptors (Lipinski definition) is 4. The molecule has 0 N–H and O–H groups in total. The summed E-state index contributed by atoms with van der Waals surface area (Å²) in [5.74, 6) is 1.16. The van der Waals surface area contributed by atoms with E-state index in [2.05, 4.69) is 15.0 Å².